The molecule has 0 unspecified atom stereocenters. The molecule has 1 aliphatic rings. The van der Waals surface area contributed by atoms with Crippen LogP contribution in [-0.2, 0) is 0 Å². The third kappa shape index (κ3) is 1.58. The maximum Gasteiger partial charge on any atom is 0.345 e. The highest BCUT2D eigenvalue weighted by Crippen LogP contribution is 2.39. The van der Waals surface area contributed by atoms with Crippen LogP contribution in [0.25, 0.3) is 11.5 Å². The fourth-order valence-electron chi connectivity index (χ4n) is 1.64. The summed E-state index contributed by atoms with van der Waals surface area (Å²) >= 11 is 0. The molecule has 4 heteroatoms. The highest BCUT2D eigenvalue weighted by molar-refractivity contribution is 5.52. The summed E-state index contributed by atoms with van der Waals surface area (Å²) in [6.07, 6.45) is 3.88. The van der Waals surface area contributed by atoms with E-state index in [1.54, 1.807) is 18.4 Å². The SMILES string of the molecule is O=c1nc(-c2ccco2)cc(C2CC2)[nH]1. The fourth-order valence-corrected chi connectivity index (χ4v) is 1.64. The molecular formula is C11H10N2O2. The van der Waals surface area contributed by atoms with E-state index in [0.29, 0.717) is 17.4 Å². The van der Waals surface area contributed by atoms with E-state index in [0.717, 1.165) is 18.5 Å². The monoisotopic (exact) mass is 202 g/mol. The molecule has 0 saturated heterocycles. The Hall–Kier alpha value is -1.84. The van der Waals surface area contributed by atoms with Crippen molar-refractivity contribution in [2.24, 2.45) is 0 Å². The number of nitrogens with one attached hydrogen (secondary N) is 1. The molecule has 1 fully saturated rings. The van der Waals surface area contributed by atoms with Crippen LogP contribution in [0, 0.1) is 0 Å². The number of rotatable bonds is 2. The second kappa shape index (κ2) is 3.08. The van der Waals surface area contributed by atoms with E-state index in [1.807, 2.05) is 6.07 Å². The summed E-state index contributed by atoms with van der Waals surface area (Å²) in [4.78, 5) is 18.0. The summed E-state index contributed by atoms with van der Waals surface area (Å²) in [6.45, 7) is 0. The van der Waals surface area contributed by atoms with Gasteiger partial charge in [-0.15, -0.1) is 0 Å². The third-order valence-corrected chi connectivity index (χ3v) is 2.56. The van der Waals surface area contributed by atoms with E-state index in [1.165, 1.54) is 0 Å². The van der Waals surface area contributed by atoms with Gasteiger partial charge in [-0.3, -0.25) is 0 Å². The van der Waals surface area contributed by atoms with Gasteiger partial charge in [-0.05, 0) is 37.0 Å². The second-order valence-electron chi connectivity index (χ2n) is 3.78. The van der Waals surface area contributed by atoms with E-state index in [2.05, 4.69) is 9.97 Å². The Labute approximate surface area is 86.0 Å². The average Bonchev–Trinajstić information content (AvgIpc) is 2.93. The standard InChI is InChI=1S/C11H10N2O2/c14-11-12-8(7-3-4-7)6-9(13-11)10-2-1-5-15-10/h1-2,5-7H,3-4H2,(H,12,13,14). The Morgan fingerprint density at radius 2 is 2.33 bits per heavy atom. The van der Waals surface area contributed by atoms with Gasteiger partial charge < -0.3 is 9.40 Å². The molecule has 4 nitrogen and oxygen atoms in total. The summed E-state index contributed by atoms with van der Waals surface area (Å²) in [5, 5.41) is 0. The predicted octanol–water partition coefficient (Wildman–Crippen LogP) is 1.91. The summed E-state index contributed by atoms with van der Waals surface area (Å²) in [5.41, 5.74) is 1.29. The molecule has 0 aromatic carbocycles. The molecule has 2 aromatic rings. The summed E-state index contributed by atoms with van der Waals surface area (Å²) in [7, 11) is 0. The van der Waals surface area contributed by atoms with Crippen LogP contribution in [0.3, 0.4) is 0 Å². The van der Waals surface area contributed by atoms with Crippen molar-refractivity contribution in [3.8, 4) is 11.5 Å². The first-order valence-corrected chi connectivity index (χ1v) is 4.98. The van der Waals surface area contributed by atoms with Crippen LogP contribution < -0.4 is 5.69 Å². The maximum atomic E-state index is 11.3. The Balaban J connectivity index is 2.11. The topological polar surface area (TPSA) is 58.9 Å². The number of hydrogen-bond acceptors (Lipinski definition) is 3. The molecule has 2 heterocycles. The van der Waals surface area contributed by atoms with Gasteiger partial charge in [0.25, 0.3) is 0 Å². The van der Waals surface area contributed by atoms with Crippen molar-refractivity contribution in [1.82, 2.24) is 9.97 Å². The van der Waals surface area contributed by atoms with Gasteiger partial charge in [0.15, 0.2) is 5.76 Å². The van der Waals surface area contributed by atoms with Gasteiger partial charge in [0.2, 0.25) is 0 Å². The minimum Gasteiger partial charge on any atom is -0.463 e. The molecule has 3 rings (SSSR count). The molecule has 0 spiro atoms. The van der Waals surface area contributed by atoms with Gasteiger partial charge in [-0.25, -0.2) is 4.79 Å². The molecular weight excluding hydrogens is 192 g/mol. The van der Waals surface area contributed by atoms with Crippen LogP contribution >= 0.6 is 0 Å². The first-order chi connectivity index (χ1) is 7.33. The number of furan rings is 1. The third-order valence-electron chi connectivity index (χ3n) is 2.56. The predicted molar refractivity (Wildman–Crippen MR) is 54.5 cm³/mol. The van der Waals surface area contributed by atoms with Gasteiger partial charge in [-0.2, -0.15) is 4.98 Å². The van der Waals surface area contributed by atoms with E-state index in [4.69, 9.17) is 4.42 Å². The zero-order chi connectivity index (χ0) is 10.3. The molecule has 0 aliphatic heterocycles. The van der Waals surface area contributed by atoms with Crippen LogP contribution in [0.5, 0.6) is 0 Å². The van der Waals surface area contributed by atoms with Crippen LogP contribution in [0.1, 0.15) is 24.5 Å². The molecule has 76 valence electrons. The molecule has 0 atom stereocenters. The number of aromatic amines is 1. The van der Waals surface area contributed by atoms with Gasteiger partial charge in [0.05, 0.1) is 6.26 Å². The first-order valence-electron chi connectivity index (χ1n) is 4.98. The van der Waals surface area contributed by atoms with Gasteiger partial charge in [0.1, 0.15) is 5.69 Å². The van der Waals surface area contributed by atoms with Crippen molar-refractivity contribution in [2.45, 2.75) is 18.8 Å². The lowest BCUT2D eigenvalue weighted by Crippen LogP contribution is -2.13. The molecule has 15 heavy (non-hydrogen) atoms. The molecule has 0 bridgehead atoms. The highest BCUT2D eigenvalue weighted by atomic mass is 16.3. The Morgan fingerprint density at radius 3 is 3.00 bits per heavy atom. The lowest BCUT2D eigenvalue weighted by molar-refractivity contribution is 0.579. The minimum atomic E-state index is -0.300. The van der Waals surface area contributed by atoms with E-state index < -0.39 is 0 Å². The van der Waals surface area contributed by atoms with Crippen molar-refractivity contribution in [3.05, 3.63) is 40.6 Å². The van der Waals surface area contributed by atoms with E-state index >= 15 is 0 Å². The lowest BCUT2D eigenvalue weighted by Gasteiger charge is -1.99. The smallest absolute Gasteiger partial charge is 0.345 e. The number of H-pyrrole nitrogens is 1. The summed E-state index contributed by atoms with van der Waals surface area (Å²) in [5.74, 6) is 1.15. The quantitative estimate of drug-likeness (QED) is 0.809. The van der Waals surface area contributed by atoms with Gasteiger partial charge >= 0.3 is 5.69 Å². The van der Waals surface area contributed by atoms with Gasteiger partial charge in [0, 0.05) is 5.69 Å². The Morgan fingerprint density at radius 1 is 1.47 bits per heavy atom. The average molecular weight is 202 g/mol. The summed E-state index contributed by atoms with van der Waals surface area (Å²) < 4.78 is 5.21. The number of hydrogen-bond donors (Lipinski definition) is 1. The van der Waals surface area contributed by atoms with E-state index in [9.17, 15) is 4.79 Å². The van der Waals surface area contributed by atoms with Crippen molar-refractivity contribution in [2.75, 3.05) is 0 Å². The highest BCUT2D eigenvalue weighted by Gasteiger charge is 2.25. The normalized spacial score (nSPS) is 15.5. The molecule has 1 saturated carbocycles. The van der Waals surface area contributed by atoms with Crippen LogP contribution in [0.4, 0.5) is 0 Å². The Kier molecular flexibility index (Phi) is 1.74. The Bertz CT molecular complexity index is 524. The fraction of sp³-hybridized carbons (Fsp3) is 0.273. The van der Waals surface area contributed by atoms with Crippen molar-refractivity contribution >= 4 is 0 Å². The van der Waals surface area contributed by atoms with Gasteiger partial charge in [-0.1, -0.05) is 0 Å². The molecule has 0 radical (unpaired) electrons. The van der Waals surface area contributed by atoms with Crippen LogP contribution in [0.15, 0.2) is 33.7 Å². The minimum absolute atomic E-state index is 0.300. The summed E-state index contributed by atoms with van der Waals surface area (Å²) in [6, 6.07) is 5.49. The van der Waals surface area contributed by atoms with Crippen molar-refractivity contribution < 1.29 is 4.42 Å². The second-order valence-corrected chi connectivity index (χ2v) is 3.78. The molecule has 1 aliphatic carbocycles. The molecule has 2 aromatic heterocycles. The molecule has 1 N–H and O–H groups in total. The van der Waals surface area contributed by atoms with Crippen molar-refractivity contribution in [3.63, 3.8) is 0 Å². The zero-order valence-electron chi connectivity index (χ0n) is 8.06. The molecule has 0 amide bonds. The zero-order valence-corrected chi connectivity index (χ0v) is 8.06. The van der Waals surface area contributed by atoms with Crippen LogP contribution in [-0.4, -0.2) is 9.97 Å². The number of aromatic nitrogens is 2. The largest absolute Gasteiger partial charge is 0.463 e. The first kappa shape index (κ1) is 8.47. The van der Waals surface area contributed by atoms with Crippen LogP contribution in [0.2, 0.25) is 0 Å². The van der Waals surface area contributed by atoms with E-state index in [-0.39, 0.29) is 5.69 Å². The maximum absolute atomic E-state index is 11.3. The number of nitrogens with zero attached hydrogens (tertiary/aromatic N) is 1. The lowest BCUT2D eigenvalue weighted by atomic mass is 10.2. The van der Waals surface area contributed by atoms with Crippen molar-refractivity contribution in [1.29, 1.82) is 0 Å².